The van der Waals surface area contributed by atoms with Crippen molar-refractivity contribution in [3.05, 3.63) is 65.7 Å². The van der Waals surface area contributed by atoms with Crippen LogP contribution in [0.2, 0.25) is 0 Å². The molecule has 170 valence electrons. The second-order valence-corrected chi connectivity index (χ2v) is 8.36. The first-order chi connectivity index (χ1) is 14.6. The molecule has 0 spiro atoms. The van der Waals surface area contributed by atoms with Crippen LogP contribution in [0.4, 0.5) is 5.69 Å². The van der Waals surface area contributed by atoms with E-state index in [0.717, 1.165) is 31.3 Å². The van der Waals surface area contributed by atoms with E-state index in [1.54, 1.807) is 0 Å². The first-order valence-electron chi connectivity index (χ1n) is 11.2. The molecular weight excluding hydrogens is 497 g/mol. The maximum Gasteiger partial charge on any atom is 0.196 e. The summed E-state index contributed by atoms with van der Waals surface area (Å²) < 4.78 is 0. The predicted octanol–water partition coefficient (Wildman–Crippen LogP) is 4.44. The fourth-order valence-corrected chi connectivity index (χ4v) is 3.73. The van der Waals surface area contributed by atoms with Gasteiger partial charge in [-0.25, -0.2) is 4.99 Å². The lowest BCUT2D eigenvalue weighted by Gasteiger charge is -2.35. The van der Waals surface area contributed by atoms with E-state index in [1.165, 1.54) is 37.3 Å². The summed E-state index contributed by atoms with van der Waals surface area (Å²) in [5.41, 5.74) is 3.55. The SMILES string of the molecule is CCN1CCN(CC(C)CNC(=NCc2ccc(C)cc2)Nc2ccccc2)CC1.I. The average molecular weight is 536 g/mol. The van der Waals surface area contributed by atoms with Crippen LogP contribution in [0.5, 0.6) is 0 Å². The van der Waals surface area contributed by atoms with Crippen molar-refractivity contribution in [2.45, 2.75) is 27.3 Å². The van der Waals surface area contributed by atoms with E-state index in [4.69, 9.17) is 4.99 Å². The third-order valence-corrected chi connectivity index (χ3v) is 5.68. The first-order valence-corrected chi connectivity index (χ1v) is 11.2. The van der Waals surface area contributed by atoms with Gasteiger partial charge in [-0.15, -0.1) is 24.0 Å². The number of rotatable bonds is 8. The molecule has 1 heterocycles. The Kier molecular flexibility index (Phi) is 11.3. The molecule has 2 N–H and O–H groups in total. The third kappa shape index (κ3) is 9.17. The molecule has 1 aliphatic rings. The quantitative estimate of drug-likeness (QED) is 0.298. The average Bonchev–Trinajstić information content (AvgIpc) is 2.78. The monoisotopic (exact) mass is 535 g/mol. The van der Waals surface area contributed by atoms with Crippen molar-refractivity contribution in [3.8, 4) is 0 Å². The van der Waals surface area contributed by atoms with E-state index in [2.05, 4.69) is 77.6 Å². The number of halogens is 1. The van der Waals surface area contributed by atoms with Gasteiger partial charge < -0.3 is 20.4 Å². The highest BCUT2D eigenvalue weighted by molar-refractivity contribution is 14.0. The van der Waals surface area contributed by atoms with Crippen molar-refractivity contribution < 1.29 is 0 Å². The molecule has 3 rings (SSSR count). The van der Waals surface area contributed by atoms with Gasteiger partial charge in [0.15, 0.2) is 5.96 Å². The number of likely N-dealkylation sites (N-methyl/N-ethyl adjacent to an activating group) is 1. The van der Waals surface area contributed by atoms with Crippen LogP contribution >= 0.6 is 24.0 Å². The number of nitrogens with one attached hydrogen (secondary N) is 2. The molecule has 1 aliphatic heterocycles. The lowest BCUT2D eigenvalue weighted by atomic mass is 10.1. The Labute approximate surface area is 205 Å². The second kappa shape index (κ2) is 13.7. The molecule has 1 fully saturated rings. The summed E-state index contributed by atoms with van der Waals surface area (Å²) in [4.78, 5) is 9.95. The number of aryl methyl sites for hydroxylation is 1. The van der Waals surface area contributed by atoms with Crippen molar-refractivity contribution in [1.29, 1.82) is 0 Å². The fourth-order valence-electron chi connectivity index (χ4n) is 3.73. The molecule has 0 bridgehead atoms. The summed E-state index contributed by atoms with van der Waals surface area (Å²) in [6, 6.07) is 18.8. The molecule has 0 radical (unpaired) electrons. The van der Waals surface area contributed by atoms with Crippen LogP contribution in [0.1, 0.15) is 25.0 Å². The molecule has 1 saturated heterocycles. The Balaban J connectivity index is 0.00000341. The van der Waals surface area contributed by atoms with Crippen molar-refractivity contribution in [2.75, 3.05) is 51.1 Å². The number of hydrogen-bond donors (Lipinski definition) is 2. The van der Waals surface area contributed by atoms with Gasteiger partial charge in [0, 0.05) is 45.0 Å². The largest absolute Gasteiger partial charge is 0.356 e. The minimum Gasteiger partial charge on any atom is -0.356 e. The second-order valence-electron chi connectivity index (χ2n) is 8.36. The zero-order valence-electron chi connectivity index (χ0n) is 19.2. The zero-order chi connectivity index (χ0) is 21.2. The molecule has 2 aromatic rings. The lowest BCUT2D eigenvalue weighted by Crippen LogP contribution is -2.48. The van der Waals surface area contributed by atoms with Gasteiger partial charge in [0.2, 0.25) is 0 Å². The molecule has 1 atom stereocenters. The summed E-state index contributed by atoms with van der Waals surface area (Å²) in [5.74, 6) is 1.39. The number of para-hydroxylation sites is 1. The molecule has 1 unspecified atom stereocenters. The summed E-state index contributed by atoms with van der Waals surface area (Å²) in [6.07, 6.45) is 0. The molecule has 2 aromatic carbocycles. The molecule has 0 aromatic heterocycles. The number of anilines is 1. The van der Waals surface area contributed by atoms with Crippen molar-refractivity contribution in [2.24, 2.45) is 10.9 Å². The predicted molar refractivity (Wildman–Crippen MR) is 144 cm³/mol. The number of benzene rings is 2. The number of guanidine groups is 1. The van der Waals surface area contributed by atoms with Crippen molar-refractivity contribution in [1.82, 2.24) is 15.1 Å². The summed E-state index contributed by atoms with van der Waals surface area (Å²) in [7, 11) is 0. The molecule has 0 aliphatic carbocycles. The van der Waals surface area contributed by atoms with Gasteiger partial charge in [0.25, 0.3) is 0 Å². The summed E-state index contributed by atoms with van der Waals surface area (Å²) in [6.45, 7) is 15.3. The Hall–Kier alpha value is -1.64. The van der Waals surface area contributed by atoms with Gasteiger partial charge in [0.1, 0.15) is 0 Å². The topological polar surface area (TPSA) is 42.9 Å². The Morgan fingerprint density at radius 3 is 2.26 bits per heavy atom. The van der Waals surface area contributed by atoms with Crippen LogP contribution < -0.4 is 10.6 Å². The Morgan fingerprint density at radius 2 is 1.61 bits per heavy atom. The standard InChI is InChI=1S/C25H37N5.HI/c1-4-29-14-16-30(17-15-29)20-22(3)18-26-25(28-24-8-6-5-7-9-24)27-19-23-12-10-21(2)11-13-23;/h5-13,22H,4,14-20H2,1-3H3,(H2,26,27,28);1H. The van der Waals surface area contributed by atoms with E-state index in [-0.39, 0.29) is 24.0 Å². The van der Waals surface area contributed by atoms with Crippen molar-refractivity contribution >= 4 is 35.6 Å². The minimum atomic E-state index is 0. The van der Waals surface area contributed by atoms with E-state index in [0.29, 0.717) is 12.5 Å². The van der Waals surface area contributed by atoms with Gasteiger partial charge in [-0.3, -0.25) is 0 Å². The van der Waals surface area contributed by atoms with Gasteiger partial charge in [0.05, 0.1) is 6.54 Å². The van der Waals surface area contributed by atoms with Crippen LogP contribution in [-0.2, 0) is 6.54 Å². The van der Waals surface area contributed by atoms with Crippen LogP contribution in [0, 0.1) is 12.8 Å². The number of hydrogen-bond acceptors (Lipinski definition) is 3. The molecule has 0 amide bonds. The number of nitrogens with zero attached hydrogens (tertiary/aromatic N) is 3. The lowest BCUT2D eigenvalue weighted by molar-refractivity contribution is 0.124. The van der Waals surface area contributed by atoms with Crippen LogP contribution in [-0.4, -0.2) is 61.6 Å². The highest BCUT2D eigenvalue weighted by Crippen LogP contribution is 2.08. The van der Waals surface area contributed by atoms with E-state index in [1.807, 2.05) is 18.2 Å². The molecular formula is C25H38IN5. The maximum atomic E-state index is 4.83. The number of aliphatic imine (C=N–C) groups is 1. The molecule has 6 heteroatoms. The molecule has 5 nitrogen and oxygen atoms in total. The molecule has 0 saturated carbocycles. The highest BCUT2D eigenvalue weighted by Gasteiger charge is 2.17. The van der Waals surface area contributed by atoms with Crippen LogP contribution in [0.3, 0.4) is 0 Å². The van der Waals surface area contributed by atoms with Crippen LogP contribution in [0.15, 0.2) is 59.6 Å². The van der Waals surface area contributed by atoms with Gasteiger partial charge >= 0.3 is 0 Å². The summed E-state index contributed by atoms with van der Waals surface area (Å²) >= 11 is 0. The fraction of sp³-hybridized carbons (Fsp3) is 0.480. The third-order valence-electron chi connectivity index (χ3n) is 5.68. The van der Waals surface area contributed by atoms with E-state index >= 15 is 0 Å². The first kappa shape index (κ1) is 25.6. The normalized spacial score (nSPS) is 16.4. The smallest absolute Gasteiger partial charge is 0.196 e. The van der Waals surface area contributed by atoms with Crippen LogP contribution in [0.25, 0.3) is 0 Å². The summed E-state index contributed by atoms with van der Waals surface area (Å²) in [5, 5.41) is 7.01. The van der Waals surface area contributed by atoms with Gasteiger partial charge in [-0.05, 0) is 37.1 Å². The maximum absolute atomic E-state index is 4.83. The Bertz CT molecular complexity index is 770. The highest BCUT2D eigenvalue weighted by atomic mass is 127. The van der Waals surface area contributed by atoms with E-state index < -0.39 is 0 Å². The van der Waals surface area contributed by atoms with Gasteiger partial charge in [-0.1, -0.05) is 61.9 Å². The van der Waals surface area contributed by atoms with E-state index in [9.17, 15) is 0 Å². The Morgan fingerprint density at radius 1 is 0.968 bits per heavy atom. The van der Waals surface area contributed by atoms with Gasteiger partial charge in [-0.2, -0.15) is 0 Å². The zero-order valence-corrected chi connectivity index (χ0v) is 21.5. The molecule has 31 heavy (non-hydrogen) atoms. The minimum absolute atomic E-state index is 0. The number of piperazine rings is 1. The van der Waals surface area contributed by atoms with Crippen molar-refractivity contribution in [3.63, 3.8) is 0 Å².